The first-order valence-electron chi connectivity index (χ1n) is 11.6. The maximum absolute atomic E-state index is 5.47. The molecule has 3 N–H and O–H groups in total. The second-order valence-electron chi connectivity index (χ2n) is 8.88. The Kier molecular flexibility index (Phi) is 5.38. The van der Waals surface area contributed by atoms with Gasteiger partial charge in [-0.15, -0.1) is 0 Å². The smallest absolute Gasteiger partial charge is 0.227 e. The van der Waals surface area contributed by atoms with E-state index in [0.29, 0.717) is 30.0 Å². The molecule has 0 atom stereocenters. The molecule has 11 nitrogen and oxygen atoms in total. The van der Waals surface area contributed by atoms with Crippen molar-refractivity contribution in [3.8, 4) is 11.3 Å². The van der Waals surface area contributed by atoms with E-state index in [1.807, 2.05) is 18.2 Å². The molecule has 5 heterocycles. The van der Waals surface area contributed by atoms with Gasteiger partial charge in [0.1, 0.15) is 17.3 Å². The molecule has 1 aliphatic heterocycles. The average molecular weight is 462 g/mol. The summed E-state index contributed by atoms with van der Waals surface area (Å²) >= 11 is 0. The average Bonchev–Trinajstić information content (AvgIpc) is 3.22. The summed E-state index contributed by atoms with van der Waals surface area (Å²) in [6, 6.07) is 7.77. The Morgan fingerprint density at radius 1 is 1.09 bits per heavy atom. The lowest BCUT2D eigenvalue weighted by Crippen LogP contribution is -2.44. The normalized spacial score (nSPS) is 16.7. The third kappa shape index (κ3) is 4.60. The minimum absolute atomic E-state index is 0.407. The third-order valence-electron chi connectivity index (χ3n) is 6.21. The lowest BCUT2D eigenvalue weighted by molar-refractivity contribution is 0.312. The van der Waals surface area contributed by atoms with Gasteiger partial charge in [0, 0.05) is 61.6 Å². The molecule has 1 saturated heterocycles. The first-order valence-corrected chi connectivity index (χ1v) is 11.6. The molecule has 11 heteroatoms. The highest BCUT2D eigenvalue weighted by Gasteiger charge is 2.25. The lowest BCUT2D eigenvalue weighted by Gasteiger charge is -2.33. The maximum atomic E-state index is 5.47. The van der Waals surface area contributed by atoms with Crippen molar-refractivity contribution >= 4 is 23.4 Å². The van der Waals surface area contributed by atoms with Crippen LogP contribution in [0, 0.1) is 0 Å². The van der Waals surface area contributed by atoms with Gasteiger partial charge >= 0.3 is 0 Å². The molecule has 1 aliphatic carbocycles. The number of nitrogens with one attached hydrogen (secondary N) is 3. The number of piperazine rings is 1. The molecule has 2 aliphatic rings. The molecule has 4 aromatic rings. The Morgan fingerprint density at radius 3 is 2.76 bits per heavy atom. The molecule has 4 aromatic heterocycles. The van der Waals surface area contributed by atoms with Crippen molar-refractivity contribution in [2.24, 2.45) is 0 Å². The number of likely N-dealkylation sites (N-methyl/N-ethyl adjacent to an activating group) is 1. The van der Waals surface area contributed by atoms with Crippen LogP contribution in [0.25, 0.3) is 11.3 Å². The highest BCUT2D eigenvalue weighted by molar-refractivity contribution is 5.60. The molecule has 0 aromatic carbocycles. The molecular weight excluding hydrogens is 434 g/mol. The number of hydrogen-bond acceptors (Lipinski definition) is 10. The molecule has 0 unspecified atom stereocenters. The third-order valence-corrected chi connectivity index (χ3v) is 6.21. The van der Waals surface area contributed by atoms with Crippen LogP contribution in [-0.2, 0) is 6.54 Å². The first-order chi connectivity index (χ1) is 16.7. The fourth-order valence-electron chi connectivity index (χ4n) is 4.02. The van der Waals surface area contributed by atoms with Gasteiger partial charge in [0.15, 0.2) is 11.6 Å². The van der Waals surface area contributed by atoms with Crippen LogP contribution in [0.2, 0.25) is 0 Å². The van der Waals surface area contributed by atoms with Crippen LogP contribution in [0.15, 0.2) is 45.7 Å². The van der Waals surface area contributed by atoms with E-state index < -0.39 is 0 Å². The van der Waals surface area contributed by atoms with Gasteiger partial charge in [-0.05, 0) is 26.0 Å². The van der Waals surface area contributed by atoms with Crippen LogP contribution in [0.3, 0.4) is 0 Å². The van der Waals surface area contributed by atoms with Crippen LogP contribution in [0.5, 0.6) is 0 Å². The second-order valence-corrected chi connectivity index (χ2v) is 8.88. The predicted octanol–water partition coefficient (Wildman–Crippen LogP) is 3.43. The number of hydrogen-bond donors (Lipinski definition) is 3. The SMILES string of the molecule is CN1CCN(c2cc(Nc3cc(C4CC4)[nH]n3)nc(NCc3cc(-c4ccoc4)no3)n2)CC1. The van der Waals surface area contributed by atoms with E-state index in [4.69, 9.17) is 13.9 Å². The molecule has 0 bridgehead atoms. The molecule has 6 rings (SSSR count). The van der Waals surface area contributed by atoms with Gasteiger partial charge in [-0.2, -0.15) is 15.1 Å². The number of furan rings is 1. The van der Waals surface area contributed by atoms with Gasteiger partial charge < -0.3 is 29.4 Å². The number of aromatic nitrogens is 5. The molecular formula is C23H27N9O2. The van der Waals surface area contributed by atoms with E-state index in [-0.39, 0.29) is 0 Å². The van der Waals surface area contributed by atoms with E-state index in [1.54, 1.807) is 12.5 Å². The number of H-pyrrole nitrogens is 1. The van der Waals surface area contributed by atoms with Crippen molar-refractivity contribution in [3.05, 3.63) is 48.2 Å². The standard InChI is InChI=1S/C23H27N9O2/c1-31-5-7-32(8-6-31)22-12-20(25-21-11-18(28-29-21)15-2-3-15)26-23(27-22)24-13-17-10-19(30-34-17)16-4-9-33-14-16/h4,9-12,14-15H,2-3,5-8,13H2,1H3,(H3,24,25,26,27,28,29). The second kappa shape index (κ2) is 8.82. The number of nitrogens with zero attached hydrogens (tertiary/aromatic N) is 6. The van der Waals surface area contributed by atoms with E-state index in [0.717, 1.165) is 49.1 Å². The molecule has 0 spiro atoms. The minimum Gasteiger partial charge on any atom is -0.472 e. The van der Waals surface area contributed by atoms with Gasteiger partial charge in [0.05, 0.1) is 19.1 Å². The van der Waals surface area contributed by atoms with Crippen LogP contribution in [0.1, 0.15) is 30.2 Å². The summed E-state index contributed by atoms with van der Waals surface area (Å²) in [6.45, 7) is 4.22. The minimum atomic E-state index is 0.407. The zero-order valence-corrected chi connectivity index (χ0v) is 19.0. The zero-order valence-electron chi connectivity index (χ0n) is 19.0. The van der Waals surface area contributed by atoms with Crippen LogP contribution in [0.4, 0.5) is 23.4 Å². The van der Waals surface area contributed by atoms with Crippen molar-refractivity contribution in [2.75, 3.05) is 48.8 Å². The zero-order chi connectivity index (χ0) is 22.9. The van der Waals surface area contributed by atoms with Crippen LogP contribution in [-0.4, -0.2) is 63.4 Å². The number of aromatic amines is 1. The van der Waals surface area contributed by atoms with E-state index in [2.05, 4.69) is 53.9 Å². The number of rotatable bonds is 8. The monoisotopic (exact) mass is 461 g/mol. The molecule has 176 valence electrons. The van der Waals surface area contributed by atoms with Gasteiger partial charge in [-0.1, -0.05) is 5.16 Å². The first kappa shape index (κ1) is 20.7. The van der Waals surface area contributed by atoms with Crippen molar-refractivity contribution in [1.82, 2.24) is 30.2 Å². The Balaban J connectivity index is 1.21. The lowest BCUT2D eigenvalue weighted by atomic mass is 10.2. The van der Waals surface area contributed by atoms with E-state index >= 15 is 0 Å². The fraction of sp³-hybridized carbons (Fsp3) is 0.391. The van der Waals surface area contributed by atoms with Crippen molar-refractivity contribution in [1.29, 1.82) is 0 Å². The van der Waals surface area contributed by atoms with E-state index in [1.165, 1.54) is 18.5 Å². The van der Waals surface area contributed by atoms with Gasteiger partial charge in [-0.25, -0.2) is 0 Å². The predicted molar refractivity (Wildman–Crippen MR) is 127 cm³/mol. The summed E-state index contributed by atoms with van der Waals surface area (Å²) in [5, 5.41) is 18.3. The fourth-order valence-corrected chi connectivity index (χ4v) is 4.02. The van der Waals surface area contributed by atoms with Crippen LogP contribution < -0.4 is 15.5 Å². The number of anilines is 4. The Hall–Kier alpha value is -3.86. The summed E-state index contributed by atoms with van der Waals surface area (Å²) in [4.78, 5) is 14.1. The maximum Gasteiger partial charge on any atom is 0.227 e. The van der Waals surface area contributed by atoms with Crippen LogP contribution >= 0.6 is 0 Å². The quantitative estimate of drug-likeness (QED) is 0.359. The molecule has 1 saturated carbocycles. The summed E-state index contributed by atoms with van der Waals surface area (Å²) in [7, 11) is 2.14. The van der Waals surface area contributed by atoms with Gasteiger partial charge in [0.2, 0.25) is 5.95 Å². The summed E-state index contributed by atoms with van der Waals surface area (Å²) in [6.07, 6.45) is 5.70. The Bertz CT molecular complexity index is 1240. The van der Waals surface area contributed by atoms with Gasteiger partial charge in [0.25, 0.3) is 0 Å². The molecule has 34 heavy (non-hydrogen) atoms. The topological polar surface area (TPSA) is 124 Å². The molecule has 2 fully saturated rings. The molecule has 0 radical (unpaired) electrons. The van der Waals surface area contributed by atoms with Crippen molar-refractivity contribution < 1.29 is 8.94 Å². The Labute approximate surface area is 196 Å². The summed E-state index contributed by atoms with van der Waals surface area (Å²) < 4.78 is 10.6. The largest absolute Gasteiger partial charge is 0.472 e. The Morgan fingerprint density at radius 2 is 1.97 bits per heavy atom. The highest BCUT2D eigenvalue weighted by atomic mass is 16.5. The summed E-state index contributed by atoms with van der Waals surface area (Å²) in [5.41, 5.74) is 2.78. The van der Waals surface area contributed by atoms with Gasteiger partial charge in [-0.3, -0.25) is 5.10 Å². The molecule has 0 amide bonds. The van der Waals surface area contributed by atoms with E-state index in [9.17, 15) is 0 Å². The van der Waals surface area contributed by atoms with Crippen molar-refractivity contribution in [3.63, 3.8) is 0 Å². The highest BCUT2D eigenvalue weighted by Crippen LogP contribution is 2.39. The summed E-state index contributed by atoms with van der Waals surface area (Å²) in [5.74, 6) is 4.13. The van der Waals surface area contributed by atoms with Crippen molar-refractivity contribution in [2.45, 2.75) is 25.3 Å².